The van der Waals surface area contributed by atoms with Gasteiger partial charge in [0.05, 0.1) is 0 Å². The lowest BCUT2D eigenvalue weighted by molar-refractivity contribution is -0.144. The van der Waals surface area contributed by atoms with Crippen LogP contribution in [0.4, 0.5) is 0 Å². The normalized spacial score (nSPS) is 15.6. The Kier molecular flexibility index (Phi) is 5.77. The Morgan fingerprint density at radius 2 is 2.18 bits per heavy atom. The Morgan fingerprint density at radius 1 is 1.45 bits per heavy atom. The number of carbonyl (C=O) groups excluding carboxylic acids is 2. The standard InChI is InChI=1S/C17H20BrNO3/c1-11-3-4-14(15(18)9-11)7-8-17(21)22-10-16(20)19-12(2)13-5-6-13/h3-4,7-9,12-13H,5-6,10H2,1-2H3,(H,19,20)/b8-7+/t12-/m0/s1. The molecule has 0 aromatic heterocycles. The summed E-state index contributed by atoms with van der Waals surface area (Å²) in [7, 11) is 0. The van der Waals surface area contributed by atoms with Gasteiger partial charge in [0.15, 0.2) is 6.61 Å². The summed E-state index contributed by atoms with van der Waals surface area (Å²) in [6.45, 7) is 3.73. The van der Waals surface area contributed by atoms with Crippen molar-refractivity contribution in [3.8, 4) is 0 Å². The number of hydrogen-bond donors (Lipinski definition) is 1. The number of hydrogen-bond acceptors (Lipinski definition) is 3. The quantitative estimate of drug-likeness (QED) is 0.621. The molecule has 1 saturated carbocycles. The molecule has 0 bridgehead atoms. The van der Waals surface area contributed by atoms with E-state index in [-0.39, 0.29) is 18.6 Å². The number of halogens is 1. The number of carbonyl (C=O) groups is 2. The Hall–Kier alpha value is -1.62. The van der Waals surface area contributed by atoms with E-state index in [1.165, 1.54) is 6.08 Å². The van der Waals surface area contributed by atoms with E-state index in [1.807, 2.05) is 32.0 Å². The van der Waals surface area contributed by atoms with Crippen molar-refractivity contribution in [1.82, 2.24) is 5.32 Å². The van der Waals surface area contributed by atoms with E-state index in [1.54, 1.807) is 6.08 Å². The third-order valence-corrected chi connectivity index (χ3v) is 4.30. The van der Waals surface area contributed by atoms with Gasteiger partial charge in [-0.25, -0.2) is 4.79 Å². The zero-order valence-electron chi connectivity index (χ0n) is 12.8. The Bertz CT molecular complexity index is 594. The van der Waals surface area contributed by atoms with Crippen molar-refractivity contribution in [2.75, 3.05) is 6.61 Å². The molecular formula is C17H20BrNO3. The van der Waals surface area contributed by atoms with Crippen molar-refractivity contribution in [1.29, 1.82) is 0 Å². The van der Waals surface area contributed by atoms with Gasteiger partial charge >= 0.3 is 5.97 Å². The van der Waals surface area contributed by atoms with Crippen LogP contribution in [0, 0.1) is 12.8 Å². The maximum Gasteiger partial charge on any atom is 0.331 e. The molecule has 4 nitrogen and oxygen atoms in total. The summed E-state index contributed by atoms with van der Waals surface area (Å²) in [6, 6.07) is 6.00. The average Bonchev–Trinajstić information content (AvgIpc) is 3.28. The zero-order valence-corrected chi connectivity index (χ0v) is 14.4. The first kappa shape index (κ1) is 16.7. The predicted octanol–water partition coefficient (Wildman–Crippen LogP) is 3.23. The second-order valence-electron chi connectivity index (χ2n) is 5.66. The number of benzene rings is 1. The number of rotatable bonds is 6. The SMILES string of the molecule is Cc1ccc(/C=C/C(=O)OCC(=O)N[C@@H](C)C2CC2)c(Br)c1. The fourth-order valence-electron chi connectivity index (χ4n) is 2.12. The van der Waals surface area contributed by atoms with Crippen LogP contribution in [-0.2, 0) is 14.3 Å². The maximum absolute atomic E-state index is 11.6. The molecule has 0 heterocycles. The van der Waals surface area contributed by atoms with Gasteiger partial charge in [0.25, 0.3) is 5.91 Å². The zero-order chi connectivity index (χ0) is 16.1. The van der Waals surface area contributed by atoms with E-state index in [2.05, 4.69) is 21.2 Å². The molecule has 0 saturated heterocycles. The topological polar surface area (TPSA) is 55.4 Å². The lowest BCUT2D eigenvalue weighted by Crippen LogP contribution is -2.36. The third kappa shape index (κ3) is 5.30. The van der Waals surface area contributed by atoms with Crippen LogP contribution in [-0.4, -0.2) is 24.5 Å². The van der Waals surface area contributed by atoms with Gasteiger partial charge in [-0.2, -0.15) is 0 Å². The van der Waals surface area contributed by atoms with E-state index < -0.39 is 5.97 Å². The highest BCUT2D eigenvalue weighted by molar-refractivity contribution is 9.10. The first-order valence-electron chi connectivity index (χ1n) is 7.36. The molecule has 1 aliphatic carbocycles. The van der Waals surface area contributed by atoms with Crippen LogP contribution >= 0.6 is 15.9 Å². The fourth-order valence-corrected chi connectivity index (χ4v) is 2.75. The Morgan fingerprint density at radius 3 is 2.82 bits per heavy atom. The van der Waals surface area contributed by atoms with Crippen molar-refractivity contribution in [2.45, 2.75) is 32.7 Å². The summed E-state index contributed by atoms with van der Waals surface area (Å²) < 4.78 is 5.85. The van der Waals surface area contributed by atoms with Gasteiger partial charge in [0.2, 0.25) is 0 Å². The van der Waals surface area contributed by atoms with E-state index in [0.29, 0.717) is 5.92 Å². The maximum atomic E-state index is 11.6. The van der Waals surface area contributed by atoms with E-state index in [4.69, 9.17) is 4.74 Å². The summed E-state index contributed by atoms with van der Waals surface area (Å²) >= 11 is 3.44. The monoisotopic (exact) mass is 365 g/mol. The highest BCUT2D eigenvalue weighted by atomic mass is 79.9. The lowest BCUT2D eigenvalue weighted by atomic mass is 10.1. The van der Waals surface area contributed by atoms with Crippen LogP contribution in [0.15, 0.2) is 28.7 Å². The fraction of sp³-hybridized carbons (Fsp3) is 0.412. The lowest BCUT2D eigenvalue weighted by Gasteiger charge is -2.12. The molecule has 22 heavy (non-hydrogen) atoms. The van der Waals surface area contributed by atoms with Crippen LogP contribution in [0.5, 0.6) is 0 Å². The number of amides is 1. The van der Waals surface area contributed by atoms with E-state index in [9.17, 15) is 9.59 Å². The van der Waals surface area contributed by atoms with Gasteiger partial charge < -0.3 is 10.1 Å². The average molecular weight is 366 g/mol. The molecule has 1 aromatic carbocycles. The number of nitrogens with one attached hydrogen (secondary N) is 1. The molecule has 1 atom stereocenters. The molecule has 1 aliphatic rings. The van der Waals surface area contributed by atoms with Gasteiger partial charge in [-0.05, 0) is 55.9 Å². The van der Waals surface area contributed by atoms with Crippen LogP contribution in [0.1, 0.15) is 30.9 Å². The molecule has 0 radical (unpaired) electrons. The molecule has 1 aromatic rings. The molecule has 2 rings (SSSR count). The Labute approximate surface area is 139 Å². The molecule has 0 unspecified atom stereocenters. The van der Waals surface area contributed by atoms with Gasteiger partial charge in [0, 0.05) is 16.6 Å². The van der Waals surface area contributed by atoms with Crippen molar-refractivity contribution >= 4 is 33.9 Å². The van der Waals surface area contributed by atoms with Crippen molar-refractivity contribution in [2.24, 2.45) is 5.92 Å². The first-order chi connectivity index (χ1) is 10.5. The van der Waals surface area contributed by atoms with Crippen LogP contribution in [0.3, 0.4) is 0 Å². The second-order valence-corrected chi connectivity index (χ2v) is 6.51. The van der Waals surface area contributed by atoms with Crippen molar-refractivity contribution in [3.63, 3.8) is 0 Å². The molecule has 118 valence electrons. The second kappa shape index (κ2) is 7.58. The number of aryl methyl sites for hydroxylation is 1. The van der Waals surface area contributed by atoms with E-state index in [0.717, 1.165) is 28.4 Å². The van der Waals surface area contributed by atoms with Crippen molar-refractivity contribution in [3.05, 3.63) is 39.9 Å². The van der Waals surface area contributed by atoms with Gasteiger partial charge in [-0.3, -0.25) is 4.79 Å². The molecule has 0 aliphatic heterocycles. The minimum Gasteiger partial charge on any atom is -0.452 e. The number of esters is 1. The highest BCUT2D eigenvalue weighted by Gasteiger charge is 2.28. The molecular weight excluding hydrogens is 346 g/mol. The summed E-state index contributed by atoms with van der Waals surface area (Å²) in [5.74, 6) is -0.196. The summed E-state index contributed by atoms with van der Waals surface area (Å²) in [5, 5.41) is 2.84. The molecule has 1 N–H and O–H groups in total. The van der Waals surface area contributed by atoms with Crippen LogP contribution in [0.2, 0.25) is 0 Å². The largest absolute Gasteiger partial charge is 0.452 e. The first-order valence-corrected chi connectivity index (χ1v) is 8.15. The van der Waals surface area contributed by atoms with Gasteiger partial charge in [0.1, 0.15) is 0 Å². The summed E-state index contributed by atoms with van der Waals surface area (Å²) in [6.07, 6.45) is 5.31. The molecule has 1 amide bonds. The van der Waals surface area contributed by atoms with Crippen molar-refractivity contribution < 1.29 is 14.3 Å². The molecule has 5 heteroatoms. The minimum atomic E-state index is -0.526. The van der Waals surface area contributed by atoms with Gasteiger partial charge in [-0.1, -0.05) is 28.1 Å². The summed E-state index contributed by atoms with van der Waals surface area (Å²) in [5.41, 5.74) is 2.02. The smallest absolute Gasteiger partial charge is 0.331 e. The minimum absolute atomic E-state index is 0.158. The highest BCUT2D eigenvalue weighted by Crippen LogP contribution is 2.32. The third-order valence-electron chi connectivity index (χ3n) is 3.62. The van der Waals surface area contributed by atoms with Crippen LogP contribution in [0.25, 0.3) is 6.08 Å². The van der Waals surface area contributed by atoms with Gasteiger partial charge in [-0.15, -0.1) is 0 Å². The predicted molar refractivity (Wildman–Crippen MR) is 89.2 cm³/mol. The van der Waals surface area contributed by atoms with Crippen LogP contribution < -0.4 is 5.32 Å². The molecule has 1 fully saturated rings. The van der Waals surface area contributed by atoms with E-state index >= 15 is 0 Å². The number of ether oxygens (including phenoxy) is 1. The molecule has 0 spiro atoms. The summed E-state index contributed by atoms with van der Waals surface area (Å²) in [4.78, 5) is 23.3. The Balaban J connectivity index is 1.77.